The zero-order chi connectivity index (χ0) is 15.5. The molecule has 2 aromatic heterocycles. The van der Waals surface area contributed by atoms with E-state index >= 15 is 0 Å². The summed E-state index contributed by atoms with van der Waals surface area (Å²) in [5.41, 5.74) is 3.63. The highest BCUT2D eigenvalue weighted by molar-refractivity contribution is 6.08. The van der Waals surface area contributed by atoms with Crippen molar-refractivity contribution >= 4 is 21.8 Å². The molecule has 2 heterocycles. The summed E-state index contributed by atoms with van der Waals surface area (Å²) in [4.78, 5) is 6.81. The van der Waals surface area contributed by atoms with Gasteiger partial charge in [-0.15, -0.1) is 0 Å². The van der Waals surface area contributed by atoms with Crippen molar-refractivity contribution in [3.8, 4) is 0 Å². The van der Waals surface area contributed by atoms with Gasteiger partial charge in [0.1, 0.15) is 0 Å². The molecule has 0 aliphatic rings. The van der Waals surface area contributed by atoms with Crippen LogP contribution >= 0.6 is 0 Å². The van der Waals surface area contributed by atoms with Crippen molar-refractivity contribution in [2.75, 3.05) is 27.2 Å². The SMILES string of the molecule is CN(C)CCCNCc1nccc2c3ccccc3n(C)c12. The highest BCUT2D eigenvalue weighted by Gasteiger charge is 2.11. The van der Waals surface area contributed by atoms with Crippen LogP contribution in [0.2, 0.25) is 0 Å². The lowest BCUT2D eigenvalue weighted by atomic mass is 10.1. The molecule has 1 N–H and O–H groups in total. The van der Waals surface area contributed by atoms with Crippen molar-refractivity contribution in [1.29, 1.82) is 0 Å². The number of nitrogens with zero attached hydrogens (tertiary/aromatic N) is 3. The molecule has 0 atom stereocenters. The van der Waals surface area contributed by atoms with Crippen LogP contribution < -0.4 is 5.32 Å². The Kier molecular flexibility index (Phi) is 4.41. The van der Waals surface area contributed by atoms with Crippen molar-refractivity contribution in [3.05, 3.63) is 42.2 Å². The summed E-state index contributed by atoms with van der Waals surface area (Å²) in [5.74, 6) is 0. The van der Waals surface area contributed by atoms with Gasteiger partial charge in [0.25, 0.3) is 0 Å². The average molecular weight is 296 g/mol. The number of pyridine rings is 1. The van der Waals surface area contributed by atoms with E-state index in [2.05, 4.69) is 71.2 Å². The molecule has 0 radical (unpaired) electrons. The summed E-state index contributed by atoms with van der Waals surface area (Å²) in [6, 6.07) is 10.7. The third-order valence-corrected chi connectivity index (χ3v) is 4.14. The van der Waals surface area contributed by atoms with E-state index in [1.165, 1.54) is 21.8 Å². The molecule has 1 aromatic carbocycles. The van der Waals surface area contributed by atoms with E-state index in [-0.39, 0.29) is 0 Å². The van der Waals surface area contributed by atoms with Gasteiger partial charge in [-0.1, -0.05) is 18.2 Å². The Hall–Kier alpha value is -1.91. The molecule has 116 valence electrons. The number of benzene rings is 1. The molecule has 0 bridgehead atoms. The predicted octanol–water partition coefficient (Wildman–Crippen LogP) is 2.77. The van der Waals surface area contributed by atoms with Gasteiger partial charge in [0.2, 0.25) is 0 Å². The first-order chi connectivity index (χ1) is 10.7. The minimum atomic E-state index is 0.814. The molecule has 3 rings (SSSR count). The fourth-order valence-electron chi connectivity index (χ4n) is 3.06. The first-order valence-electron chi connectivity index (χ1n) is 7.85. The van der Waals surface area contributed by atoms with Crippen molar-refractivity contribution in [2.24, 2.45) is 7.05 Å². The summed E-state index contributed by atoms with van der Waals surface area (Å²) in [7, 11) is 6.34. The van der Waals surface area contributed by atoms with Crippen LogP contribution in [-0.2, 0) is 13.6 Å². The fraction of sp³-hybridized carbons (Fsp3) is 0.389. The lowest BCUT2D eigenvalue weighted by molar-refractivity contribution is 0.394. The third kappa shape index (κ3) is 2.85. The van der Waals surface area contributed by atoms with Gasteiger partial charge in [-0.2, -0.15) is 0 Å². The molecular formula is C18H24N4. The summed E-state index contributed by atoms with van der Waals surface area (Å²) < 4.78 is 2.26. The molecule has 0 fully saturated rings. The van der Waals surface area contributed by atoms with E-state index in [1.807, 2.05) is 6.20 Å². The van der Waals surface area contributed by atoms with Gasteiger partial charge in [-0.3, -0.25) is 4.98 Å². The maximum Gasteiger partial charge on any atom is 0.0784 e. The van der Waals surface area contributed by atoms with Gasteiger partial charge in [-0.05, 0) is 45.7 Å². The Morgan fingerprint density at radius 3 is 2.77 bits per heavy atom. The minimum absolute atomic E-state index is 0.814. The van der Waals surface area contributed by atoms with Crippen LogP contribution in [0, 0.1) is 0 Å². The Balaban J connectivity index is 1.84. The highest BCUT2D eigenvalue weighted by Crippen LogP contribution is 2.28. The highest BCUT2D eigenvalue weighted by atomic mass is 15.1. The molecule has 0 unspecified atom stereocenters. The normalized spacial score (nSPS) is 11.8. The second-order valence-corrected chi connectivity index (χ2v) is 6.06. The van der Waals surface area contributed by atoms with Crippen LogP contribution in [0.15, 0.2) is 36.5 Å². The van der Waals surface area contributed by atoms with Crippen LogP contribution in [-0.4, -0.2) is 41.6 Å². The van der Waals surface area contributed by atoms with Gasteiger partial charge in [0.05, 0.1) is 11.2 Å². The second kappa shape index (κ2) is 6.46. The van der Waals surface area contributed by atoms with Crippen LogP contribution in [0.1, 0.15) is 12.1 Å². The zero-order valence-corrected chi connectivity index (χ0v) is 13.6. The molecule has 4 heteroatoms. The average Bonchev–Trinajstić information content (AvgIpc) is 2.81. The summed E-state index contributed by atoms with van der Waals surface area (Å²) in [5, 5.41) is 6.11. The van der Waals surface area contributed by atoms with E-state index in [1.54, 1.807) is 0 Å². The predicted molar refractivity (Wildman–Crippen MR) is 93.1 cm³/mol. The van der Waals surface area contributed by atoms with Gasteiger partial charge < -0.3 is 14.8 Å². The standard InChI is InChI=1S/C18H24N4/c1-21(2)12-6-10-19-13-16-18-15(9-11-20-16)14-7-4-5-8-17(14)22(18)3/h4-5,7-9,11,19H,6,10,12-13H2,1-3H3. The number of hydrogen-bond acceptors (Lipinski definition) is 3. The maximum absolute atomic E-state index is 4.60. The molecule has 0 saturated carbocycles. The fourth-order valence-corrected chi connectivity index (χ4v) is 3.06. The van der Waals surface area contributed by atoms with Gasteiger partial charge in [0.15, 0.2) is 0 Å². The molecule has 3 aromatic rings. The number of nitrogens with one attached hydrogen (secondary N) is 1. The molecule has 0 amide bonds. The van der Waals surface area contributed by atoms with E-state index in [0.29, 0.717) is 0 Å². The van der Waals surface area contributed by atoms with Gasteiger partial charge >= 0.3 is 0 Å². The maximum atomic E-state index is 4.60. The molecule has 0 saturated heterocycles. The first-order valence-corrected chi connectivity index (χ1v) is 7.85. The second-order valence-electron chi connectivity index (χ2n) is 6.06. The number of para-hydroxylation sites is 1. The van der Waals surface area contributed by atoms with Gasteiger partial charge in [0, 0.05) is 36.1 Å². The molecule has 0 aliphatic carbocycles. The molecular weight excluding hydrogens is 272 g/mol. The molecule has 4 nitrogen and oxygen atoms in total. The minimum Gasteiger partial charge on any atom is -0.342 e. The van der Waals surface area contributed by atoms with Gasteiger partial charge in [-0.25, -0.2) is 0 Å². The summed E-state index contributed by atoms with van der Waals surface area (Å²) in [6.07, 6.45) is 3.07. The van der Waals surface area contributed by atoms with Crippen LogP contribution in [0.25, 0.3) is 21.8 Å². The smallest absolute Gasteiger partial charge is 0.0784 e. The Morgan fingerprint density at radius 2 is 1.95 bits per heavy atom. The van der Waals surface area contributed by atoms with Crippen LogP contribution in [0.4, 0.5) is 0 Å². The van der Waals surface area contributed by atoms with Crippen LogP contribution in [0.3, 0.4) is 0 Å². The molecule has 0 aliphatic heterocycles. The third-order valence-electron chi connectivity index (χ3n) is 4.14. The van der Waals surface area contributed by atoms with E-state index in [0.717, 1.165) is 31.7 Å². The van der Waals surface area contributed by atoms with Crippen molar-refractivity contribution < 1.29 is 0 Å². The zero-order valence-electron chi connectivity index (χ0n) is 13.6. The van der Waals surface area contributed by atoms with Crippen molar-refractivity contribution in [3.63, 3.8) is 0 Å². The number of aromatic nitrogens is 2. The van der Waals surface area contributed by atoms with Crippen molar-refractivity contribution in [2.45, 2.75) is 13.0 Å². The van der Waals surface area contributed by atoms with Crippen molar-refractivity contribution in [1.82, 2.24) is 19.8 Å². The summed E-state index contributed by atoms with van der Waals surface area (Å²) in [6.45, 7) is 2.94. The van der Waals surface area contributed by atoms with Crippen LogP contribution in [0.5, 0.6) is 0 Å². The molecule has 22 heavy (non-hydrogen) atoms. The Morgan fingerprint density at radius 1 is 1.14 bits per heavy atom. The number of rotatable bonds is 6. The Bertz CT molecular complexity index is 773. The molecule has 0 spiro atoms. The lowest BCUT2D eigenvalue weighted by Crippen LogP contribution is -2.21. The summed E-state index contributed by atoms with van der Waals surface area (Å²) >= 11 is 0. The quantitative estimate of drug-likeness (QED) is 0.710. The van der Waals surface area contributed by atoms with E-state index < -0.39 is 0 Å². The lowest BCUT2D eigenvalue weighted by Gasteiger charge is -2.10. The topological polar surface area (TPSA) is 33.1 Å². The van der Waals surface area contributed by atoms with E-state index in [9.17, 15) is 0 Å². The monoisotopic (exact) mass is 296 g/mol. The number of fused-ring (bicyclic) bond motifs is 3. The first kappa shape index (κ1) is 15.0. The largest absolute Gasteiger partial charge is 0.342 e. The number of hydrogen-bond donors (Lipinski definition) is 1. The number of aryl methyl sites for hydroxylation is 1. The van der Waals surface area contributed by atoms with E-state index in [4.69, 9.17) is 0 Å². The Labute approximate surface area is 131 Å².